The zero-order valence-corrected chi connectivity index (χ0v) is 18.6. The fourth-order valence-electron chi connectivity index (χ4n) is 3.38. The van der Waals surface area contributed by atoms with Crippen molar-refractivity contribution in [1.29, 1.82) is 0 Å². The lowest BCUT2D eigenvalue weighted by Crippen LogP contribution is -2.50. The molecule has 0 saturated carbocycles. The van der Waals surface area contributed by atoms with Gasteiger partial charge >= 0.3 is 0 Å². The molecule has 1 aromatic heterocycles. The van der Waals surface area contributed by atoms with E-state index in [0.29, 0.717) is 11.4 Å². The standard InChI is InChI=1S/C24H24F2N4O4/c1-29(19-3-5-20(34-2)6-4-19)24(33)21(11-15-9-16(25)12-17(26)10-15)28-22(31)14-30-8-7-18(27)13-23(30)32/h3-10,12-13,21H,11,14,27H2,1-2H3,(H,28,31). The van der Waals surface area contributed by atoms with Gasteiger partial charge in [-0.2, -0.15) is 0 Å². The average Bonchev–Trinajstić information content (AvgIpc) is 2.79. The third-order valence-electron chi connectivity index (χ3n) is 5.12. The number of ether oxygens (including phenoxy) is 1. The molecule has 0 saturated heterocycles. The zero-order chi connectivity index (χ0) is 24.8. The third kappa shape index (κ3) is 6.18. The lowest BCUT2D eigenvalue weighted by Gasteiger charge is -2.25. The number of nitrogen functional groups attached to an aromatic ring is 1. The van der Waals surface area contributed by atoms with Crippen molar-refractivity contribution in [2.45, 2.75) is 19.0 Å². The molecule has 1 heterocycles. The number of hydrogen-bond acceptors (Lipinski definition) is 5. The summed E-state index contributed by atoms with van der Waals surface area (Å²) in [4.78, 5) is 39.3. The number of nitrogens with zero attached hydrogens (tertiary/aromatic N) is 2. The molecule has 0 spiro atoms. The summed E-state index contributed by atoms with van der Waals surface area (Å²) in [5, 5.41) is 2.58. The van der Waals surface area contributed by atoms with Crippen LogP contribution in [0.15, 0.2) is 65.6 Å². The number of nitrogens with one attached hydrogen (secondary N) is 1. The predicted molar refractivity (Wildman–Crippen MR) is 124 cm³/mol. The largest absolute Gasteiger partial charge is 0.497 e. The molecule has 0 aliphatic heterocycles. The fraction of sp³-hybridized carbons (Fsp3) is 0.208. The van der Waals surface area contributed by atoms with E-state index in [0.717, 1.165) is 22.8 Å². The van der Waals surface area contributed by atoms with Gasteiger partial charge in [-0.1, -0.05) is 0 Å². The van der Waals surface area contributed by atoms with Crippen molar-refractivity contribution in [2.24, 2.45) is 0 Å². The predicted octanol–water partition coefficient (Wildman–Crippen LogP) is 2.11. The number of rotatable bonds is 8. The molecule has 0 fully saturated rings. The first-order valence-corrected chi connectivity index (χ1v) is 10.3. The van der Waals surface area contributed by atoms with Crippen LogP contribution in [-0.2, 0) is 22.6 Å². The molecule has 0 aliphatic rings. The Kier molecular flexibility index (Phi) is 7.62. The van der Waals surface area contributed by atoms with E-state index < -0.39 is 35.0 Å². The summed E-state index contributed by atoms with van der Waals surface area (Å²) < 4.78 is 33.7. The molecule has 10 heteroatoms. The molecular formula is C24H24F2N4O4. The van der Waals surface area contributed by atoms with Gasteiger partial charge in [-0.25, -0.2) is 8.78 Å². The maximum Gasteiger partial charge on any atom is 0.253 e. The highest BCUT2D eigenvalue weighted by atomic mass is 19.1. The third-order valence-corrected chi connectivity index (χ3v) is 5.12. The van der Waals surface area contributed by atoms with Crippen molar-refractivity contribution in [3.05, 3.63) is 88.3 Å². The second-order valence-corrected chi connectivity index (χ2v) is 7.62. The Labute approximate surface area is 194 Å². The number of aromatic nitrogens is 1. The summed E-state index contributed by atoms with van der Waals surface area (Å²) in [6.45, 7) is -0.368. The first kappa shape index (κ1) is 24.4. The van der Waals surface area contributed by atoms with Gasteiger partial charge in [0.2, 0.25) is 11.8 Å². The number of benzene rings is 2. The minimum absolute atomic E-state index is 0.170. The Balaban J connectivity index is 1.84. The van der Waals surface area contributed by atoms with Crippen LogP contribution in [0.1, 0.15) is 5.56 Å². The Morgan fingerprint density at radius 3 is 2.32 bits per heavy atom. The number of halogens is 2. The van der Waals surface area contributed by atoms with Crippen LogP contribution in [0.3, 0.4) is 0 Å². The number of pyridine rings is 1. The molecule has 8 nitrogen and oxygen atoms in total. The minimum Gasteiger partial charge on any atom is -0.497 e. The number of nitrogens with two attached hydrogens (primary N) is 1. The Hall–Kier alpha value is -4.21. The van der Waals surface area contributed by atoms with Crippen molar-refractivity contribution < 1.29 is 23.1 Å². The van der Waals surface area contributed by atoms with Crippen LogP contribution in [0, 0.1) is 11.6 Å². The Morgan fingerprint density at radius 2 is 1.74 bits per heavy atom. The van der Waals surface area contributed by atoms with Gasteiger partial charge in [0.1, 0.15) is 30.0 Å². The molecule has 3 rings (SSSR count). The lowest BCUT2D eigenvalue weighted by molar-refractivity contribution is -0.127. The summed E-state index contributed by atoms with van der Waals surface area (Å²) in [7, 11) is 3.03. The quantitative estimate of drug-likeness (QED) is 0.525. The minimum atomic E-state index is -1.16. The van der Waals surface area contributed by atoms with Crippen molar-refractivity contribution in [1.82, 2.24) is 9.88 Å². The zero-order valence-electron chi connectivity index (χ0n) is 18.6. The first-order chi connectivity index (χ1) is 16.2. The van der Waals surface area contributed by atoms with Gasteiger partial charge in [-0.15, -0.1) is 0 Å². The highest BCUT2D eigenvalue weighted by Crippen LogP contribution is 2.20. The van der Waals surface area contributed by atoms with E-state index in [-0.39, 0.29) is 24.2 Å². The molecular weight excluding hydrogens is 446 g/mol. The molecule has 3 N–H and O–H groups in total. The summed E-state index contributed by atoms with van der Waals surface area (Å²) in [5.74, 6) is -2.16. The average molecular weight is 470 g/mol. The van der Waals surface area contributed by atoms with Gasteiger partial charge in [-0.3, -0.25) is 14.4 Å². The second kappa shape index (κ2) is 10.6. The molecule has 3 aromatic rings. The summed E-state index contributed by atoms with van der Waals surface area (Å²) in [5.41, 5.74) is 6.03. The summed E-state index contributed by atoms with van der Waals surface area (Å²) in [6, 6.07) is 11.0. The van der Waals surface area contributed by atoms with E-state index in [4.69, 9.17) is 10.5 Å². The van der Waals surface area contributed by atoms with E-state index in [1.165, 1.54) is 37.4 Å². The van der Waals surface area contributed by atoms with Crippen LogP contribution >= 0.6 is 0 Å². The normalized spacial score (nSPS) is 11.5. The number of hydrogen-bond donors (Lipinski definition) is 2. The number of amides is 2. The number of likely N-dealkylation sites (N-methyl/N-ethyl adjacent to an activating group) is 1. The van der Waals surface area contributed by atoms with Crippen LogP contribution < -0.4 is 26.2 Å². The topological polar surface area (TPSA) is 107 Å². The fourth-order valence-corrected chi connectivity index (χ4v) is 3.38. The van der Waals surface area contributed by atoms with Gasteiger partial charge in [0.15, 0.2) is 0 Å². The van der Waals surface area contributed by atoms with Gasteiger partial charge < -0.3 is 25.3 Å². The van der Waals surface area contributed by atoms with E-state index in [9.17, 15) is 23.2 Å². The molecule has 0 radical (unpaired) electrons. The van der Waals surface area contributed by atoms with Crippen molar-refractivity contribution in [3.63, 3.8) is 0 Å². The molecule has 0 bridgehead atoms. The molecule has 1 atom stereocenters. The van der Waals surface area contributed by atoms with Crippen molar-refractivity contribution in [3.8, 4) is 5.75 Å². The van der Waals surface area contributed by atoms with E-state index in [1.807, 2.05) is 0 Å². The highest BCUT2D eigenvalue weighted by molar-refractivity contribution is 5.99. The van der Waals surface area contributed by atoms with Crippen LogP contribution in [0.2, 0.25) is 0 Å². The van der Waals surface area contributed by atoms with Gasteiger partial charge in [-0.05, 0) is 48.0 Å². The molecule has 178 valence electrons. The number of methoxy groups -OCH3 is 1. The summed E-state index contributed by atoms with van der Waals surface area (Å²) >= 11 is 0. The van der Waals surface area contributed by atoms with Gasteiger partial charge in [0.05, 0.1) is 7.11 Å². The van der Waals surface area contributed by atoms with Gasteiger partial charge in [0.25, 0.3) is 5.56 Å². The smallest absolute Gasteiger partial charge is 0.253 e. The van der Waals surface area contributed by atoms with Crippen LogP contribution in [0.5, 0.6) is 5.75 Å². The SMILES string of the molecule is COc1ccc(N(C)C(=O)C(Cc2cc(F)cc(F)c2)NC(=O)Cn2ccc(N)cc2=O)cc1. The van der Waals surface area contributed by atoms with Crippen LogP contribution in [0.4, 0.5) is 20.2 Å². The van der Waals surface area contributed by atoms with E-state index >= 15 is 0 Å². The molecule has 34 heavy (non-hydrogen) atoms. The van der Waals surface area contributed by atoms with Crippen molar-refractivity contribution in [2.75, 3.05) is 24.8 Å². The van der Waals surface area contributed by atoms with Gasteiger partial charge in [0, 0.05) is 43.2 Å². The second-order valence-electron chi connectivity index (χ2n) is 7.62. The molecule has 0 aliphatic carbocycles. The van der Waals surface area contributed by atoms with Crippen molar-refractivity contribution >= 4 is 23.2 Å². The summed E-state index contributed by atoms with van der Waals surface area (Å²) in [6.07, 6.45) is 1.19. The van der Waals surface area contributed by atoms with Crippen LogP contribution in [0.25, 0.3) is 0 Å². The highest BCUT2D eigenvalue weighted by Gasteiger charge is 2.26. The first-order valence-electron chi connectivity index (χ1n) is 10.3. The maximum atomic E-state index is 13.7. The van der Waals surface area contributed by atoms with E-state index in [2.05, 4.69) is 5.32 Å². The Morgan fingerprint density at radius 1 is 1.09 bits per heavy atom. The maximum absolute atomic E-state index is 13.7. The monoisotopic (exact) mass is 470 g/mol. The molecule has 2 aromatic carbocycles. The number of carbonyl (C=O) groups is 2. The molecule has 2 amide bonds. The number of anilines is 2. The lowest BCUT2D eigenvalue weighted by atomic mass is 10.0. The number of carbonyl (C=O) groups excluding carboxylic acids is 2. The Bertz CT molecular complexity index is 1220. The van der Waals surface area contributed by atoms with E-state index in [1.54, 1.807) is 24.3 Å². The van der Waals surface area contributed by atoms with Crippen LogP contribution in [-0.4, -0.2) is 36.6 Å². The molecule has 1 unspecified atom stereocenters.